The van der Waals surface area contributed by atoms with Crippen molar-refractivity contribution in [1.29, 1.82) is 0 Å². The minimum Gasteiger partial charge on any atom is -0.367 e. The Balaban J connectivity index is 2.18. The molecule has 0 bridgehead atoms. The maximum absolute atomic E-state index is 12.0. The zero-order valence-electron chi connectivity index (χ0n) is 9.09. The van der Waals surface area contributed by atoms with Crippen LogP contribution in [-0.2, 0) is 4.74 Å². The average Bonchev–Trinajstić information content (AvgIpc) is 2.39. The number of ether oxygens (including phenoxy) is 1. The molecule has 1 heterocycles. The Morgan fingerprint density at radius 2 is 2.35 bits per heavy atom. The summed E-state index contributed by atoms with van der Waals surface area (Å²) in [4.78, 5) is 22.1. The fourth-order valence-electron chi connectivity index (χ4n) is 1.69. The van der Waals surface area contributed by atoms with E-state index in [4.69, 9.17) is 4.74 Å². The molecule has 1 saturated heterocycles. The molecule has 1 aromatic carbocycles. The third kappa shape index (κ3) is 2.66. The maximum atomic E-state index is 12.0. The second kappa shape index (κ2) is 5.03. The van der Waals surface area contributed by atoms with Gasteiger partial charge in [0.1, 0.15) is 6.10 Å². The molecule has 0 spiro atoms. The first-order chi connectivity index (χ1) is 8.18. The molecule has 1 N–H and O–H groups in total. The van der Waals surface area contributed by atoms with E-state index >= 15 is 0 Å². The van der Waals surface area contributed by atoms with Gasteiger partial charge in [0.2, 0.25) is 0 Å². The highest BCUT2D eigenvalue weighted by molar-refractivity contribution is 6.00. The topological polar surface area (TPSA) is 81.5 Å². The zero-order valence-corrected chi connectivity index (χ0v) is 9.09. The molecular formula is C11H12N2O4. The average molecular weight is 236 g/mol. The smallest absolute Gasteiger partial charge is 0.270 e. The van der Waals surface area contributed by atoms with Gasteiger partial charge in [-0.3, -0.25) is 14.9 Å². The summed E-state index contributed by atoms with van der Waals surface area (Å²) in [6.07, 6.45) is -0.550. The molecule has 1 atom stereocenters. The lowest BCUT2D eigenvalue weighted by atomic mass is 10.0. The number of nitrogens with one attached hydrogen (secondary N) is 1. The maximum Gasteiger partial charge on any atom is 0.270 e. The van der Waals surface area contributed by atoms with Gasteiger partial charge in [-0.05, 0) is 0 Å². The Morgan fingerprint density at radius 1 is 1.53 bits per heavy atom. The van der Waals surface area contributed by atoms with E-state index in [1.165, 1.54) is 18.2 Å². The van der Waals surface area contributed by atoms with Crippen molar-refractivity contribution < 1.29 is 14.5 Å². The van der Waals surface area contributed by atoms with Crippen LogP contribution in [0.2, 0.25) is 0 Å². The summed E-state index contributed by atoms with van der Waals surface area (Å²) in [5.41, 5.74) is 0.229. The molecule has 1 aromatic rings. The number of carbonyl (C=O) groups excluding carboxylic acids is 1. The summed E-state index contributed by atoms with van der Waals surface area (Å²) >= 11 is 0. The normalized spacial score (nSPS) is 19.9. The number of benzene rings is 1. The zero-order chi connectivity index (χ0) is 12.3. The monoisotopic (exact) mass is 236 g/mol. The van der Waals surface area contributed by atoms with Crippen LogP contribution in [0.5, 0.6) is 0 Å². The van der Waals surface area contributed by atoms with Crippen molar-refractivity contribution in [1.82, 2.24) is 5.32 Å². The summed E-state index contributed by atoms with van der Waals surface area (Å²) in [6, 6.07) is 5.70. The van der Waals surface area contributed by atoms with Crippen LogP contribution in [-0.4, -0.2) is 36.5 Å². The van der Waals surface area contributed by atoms with Crippen LogP contribution in [0, 0.1) is 10.1 Å². The van der Waals surface area contributed by atoms with Gasteiger partial charge in [-0.2, -0.15) is 0 Å². The molecule has 0 amide bonds. The van der Waals surface area contributed by atoms with Crippen molar-refractivity contribution in [3.05, 3.63) is 39.9 Å². The largest absolute Gasteiger partial charge is 0.367 e. The van der Waals surface area contributed by atoms with Gasteiger partial charge in [0.05, 0.1) is 11.5 Å². The van der Waals surface area contributed by atoms with Crippen molar-refractivity contribution in [2.24, 2.45) is 0 Å². The molecule has 1 aliphatic heterocycles. The highest BCUT2D eigenvalue weighted by atomic mass is 16.6. The van der Waals surface area contributed by atoms with Gasteiger partial charge >= 0.3 is 0 Å². The number of nitro benzene ring substituents is 1. The number of ketones is 1. The number of hydrogen-bond donors (Lipinski definition) is 1. The standard InChI is InChI=1S/C11H12N2O4/c14-11(10-7-12-4-5-17-10)8-2-1-3-9(6-8)13(15)16/h1-3,6,10,12H,4-5,7H2. The summed E-state index contributed by atoms with van der Waals surface area (Å²) in [6.45, 7) is 1.64. The minimum atomic E-state index is -0.550. The number of rotatable bonds is 3. The van der Waals surface area contributed by atoms with Gasteiger partial charge < -0.3 is 10.1 Å². The molecule has 1 fully saturated rings. The van der Waals surface area contributed by atoms with Gasteiger partial charge in [-0.25, -0.2) is 0 Å². The molecule has 0 saturated carbocycles. The number of hydrogen-bond acceptors (Lipinski definition) is 5. The molecule has 1 unspecified atom stereocenters. The third-order valence-corrected chi connectivity index (χ3v) is 2.56. The molecule has 0 aromatic heterocycles. The second-order valence-corrected chi connectivity index (χ2v) is 3.74. The highest BCUT2D eigenvalue weighted by Gasteiger charge is 2.24. The number of non-ortho nitro benzene ring substituents is 1. The predicted octanol–water partition coefficient (Wildman–Crippen LogP) is 0.766. The Hall–Kier alpha value is -1.79. The van der Waals surface area contributed by atoms with Gasteiger partial charge in [0.25, 0.3) is 5.69 Å². The van der Waals surface area contributed by atoms with Gasteiger partial charge in [-0.1, -0.05) is 12.1 Å². The third-order valence-electron chi connectivity index (χ3n) is 2.56. The van der Waals surface area contributed by atoms with E-state index in [9.17, 15) is 14.9 Å². The van der Waals surface area contributed by atoms with Crippen molar-refractivity contribution in [2.45, 2.75) is 6.10 Å². The van der Waals surface area contributed by atoms with Gasteiger partial charge in [-0.15, -0.1) is 0 Å². The molecule has 6 nitrogen and oxygen atoms in total. The van der Waals surface area contributed by atoms with Gasteiger partial charge in [0, 0.05) is 30.8 Å². The SMILES string of the molecule is O=C(c1cccc([N+](=O)[O-])c1)C1CNCCO1. The number of nitrogens with zero attached hydrogens (tertiary/aromatic N) is 1. The Morgan fingerprint density at radius 3 is 3.00 bits per heavy atom. The minimum absolute atomic E-state index is 0.0837. The first-order valence-electron chi connectivity index (χ1n) is 5.29. The lowest BCUT2D eigenvalue weighted by Crippen LogP contribution is -2.43. The molecule has 90 valence electrons. The summed E-state index contributed by atoms with van der Waals surface area (Å²) in [7, 11) is 0. The van der Waals surface area contributed by atoms with Crippen molar-refractivity contribution in [2.75, 3.05) is 19.7 Å². The molecule has 17 heavy (non-hydrogen) atoms. The van der Waals surface area contributed by atoms with Crippen LogP contribution in [0.25, 0.3) is 0 Å². The van der Waals surface area contributed by atoms with E-state index in [1.54, 1.807) is 6.07 Å². The van der Waals surface area contributed by atoms with Crippen LogP contribution in [0.15, 0.2) is 24.3 Å². The van der Waals surface area contributed by atoms with Crippen LogP contribution in [0.1, 0.15) is 10.4 Å². The summed E-state index contributed by atoms with van der Waals surface area (Å²) < 4.78 is 5.31. The van der Waals surface area contributed by atoms with Crippen LogP contribution in [0.3, 0.4) is 0 Å². The van der Waals surface area contributed by atoms with Crippen molar-refractivity contribution in [3.8, 4) is 0 Å². The van der Waals surface area contributed by atoms with E-state index in [-0.39, 0.29) is 11.5 Å². The fraction of sp³-hybridized carbons (Fsp3) is 0.364. The van der Waals surface area contributed by atoms with Crippen LogP contribution < -0.4 is 5.32 Å². The lowest BCUT2D eigenvalue weighted by Gasteiger charge is -2.22. The lowest BCUT2D eigenvalue weighted by molar-refractivity contribution is -0.384. The number of morpholine rings is 1. The van der Waals surface area contributed by atoms with E-state index in [0.29, 0.717) is 18.7 Å². The van der Waals surface area contributed by atoms with E-state index in [2.05, 4.69) is 5.32 Å². The molecule has 1 aliphatic rings. The predicted molar refractivity (Wildman–Crippen MR) is 60.0 cm³/mol. The number of Topliss-reactive ketones (excluding diaryl/α,β-unsaturated/α-hetero) is 1. The highest BCUT2D eigenvalue weighted by Crippen LogP contribution is 2.15. The van der Waals surface area contributed by atoms with Crippen LogP contribution in [0.4, 0.5) is 5.69 Å². The van der Waals surface area contributed by atoms with E-state index < -0.39 is 11.0 Å². The van der Waals surface area contributed by atoms with Crippen molar-refractivity contribution >= 4 is 11.5 Å². The quantitative estimate of drug-likeness (QED) is 0.476. The first-order valence-corrected chi connectivity index (χ1v) is 5.29. The Kier molecular flexibility index (Phi) is 3.46. The Bertz CT molecular complexity index is 441. The summed E-state index contributed by atoms with van der Waals surface area (Å²) in [5, 5.41) is 13.6. The van der Waals surface area contributed by atoms with Crippen molar-refractivity contribution in [3.63, 3.8) is 0 Å². The van der Waals surface area contributed by atoms with Gasteiger partial charge in [0.15, 0.2) is 5.78 Å². The van der Waals surface area contributed by atoms with E-state index in [0.717, 1.165) is 6.54 Å². The second-order valence-electron chi connectivity index (χ2n) is 3.74. The van der Waals surface area contributed by atoms with E-state index in [1.807, 2.05) is 0 Å². The molecule has 0 radical (unpaired) electrons. The fourth-order valence-corrected chi connectivity index (χ4v) is 1.69. The number of nitro groups is 1. The first kappa shape index (κ1) is 11.7. The molecule has 2 rings (SSSR count). The Labute approximate surface area is 97.7 Å². The summed E-state index contributed by atoms with van der Waals surface area (Å²) in [5.74, 6) is -0.221. The number of carbonyl (C=O) groups is 1. The molecular weight excluding hydrogens is 224 g/mol. The molecule has 0 aliphatic carbocycles. The molecule has 6 heteroatoms. The van der Waals surface area contributed by atoms with Crippen LogP contribution >= 0.6 is 0 Å².